The predicted octanol–water partition coefficient (Wildman–Crippen LogP) is 5.09. The van der Waals surface area contributed by atoms with Crippen molar-refractivity contribution in [2.24, 2.45) is 0 Å². The molecular formula is C15H14BrClFN. The van der Waals surface area contributed by atoms with Gasteiger partial charge in [-0.3, -0.25) is 0 Å². The highest BCUT2D eigenvalue weighted by Crippen LogP contribution is 2.19. The van der Waals surface area contributed by atoms with Crippen LogP contribution in [0.15, 0.2) is 46.9 Å². The summed E-state index contributed by atoms with van der Waals surface area (Å²) < 4.78 is 14.0. The minimum Gasteiger partial charge on any atom is -0.306 e. The molecule has 0 saturated carbocycles. The molecular weight excluding hydrogens is 329 g/mol. The van der Waals surface area contributed by atoms with Crippen LogP contribution in [-0.4, -0.2) is 0 Å². The fraction of sp³-hybridized carbons (Fsp3) is 0.200. The quantitative estimate of drug-likeness (QED) is 0.816. The summed E-state index contributed by atoms with van der Waals surface area (Å²) in [5, 5.41) is 4.07. The Balaban J connectivity index is 2.02. The van der Waals surface area contributed by atoms with Gasteiger partial charge in [0.25, 0.3) is 0 Å². The molecule has 0 spiro atoms. The highest BCUT2D eigenvalue weighted by atomic mass is 79.9. The lowest BCUT2D eigenvalue weighted by Gasteiger charge is -2.15. The topological polar surface area (TPSA) is 12.0 Å². The van der Waals surface area contributed by atoms with Crippen LogP contribution in [0, 0.1) is 5.82 Å². The maximum absolute atomic E-state index is 13.3. The molecule has 2 aromatic carbocycles. The van der Waals surface area contributed by atoms with E-state index in [0.717, 1.165) is 20.6 Å². The van der Waals surface area contributed by atoms with E-state index in [1.54, 1.807) is 0 Å². The van der Waals surface area contributed by atoms with Gasteiger partial charge in [-0.25, -0.2) is 4.39 Å². The van der Waals surface area contributed by atoms with Gasteiger partial charge in [-0.1, -0.05) is 39.7 Å². The van der Waals surface area contributed by atoms with E-state index in [-0.39, 0.29) is 11.9 Å². The van der Waals surface area contributed by atoms with Crippen LogP contribution in [0.3, 0.4) is 0 Å². The Morgan fingerprint density at radius 1 is 1.26 bits per heavy atom. The van der Waals surface area contributed by atoms with E-state index in [0.29, 0.717) is 6.54 Å². The molecule has 1 atom stereocenters. The summed E-state index contributed by atoms with van der Waals surface area (Å²) in [5.74, 6) is -0.235. The third kappa shape index (κ3) is 4.30. The average molecular weight is 343 g/mol. The summed E-state index contributed by atoms with van der Waals surface area (Å²) in [6.07, 6.45) is 0. The molecule has 0 saturated heterocycles. The third-order valence-corrected chi connectivity index (χ3v) is 3.58. The second-order valence-electron chi connectivity index (χ2n) is 4.44. The van der Waals surface area contributed by atoms with E-state index in [9.17, 15) is 4.39 Å². The van der Waals surface area contributed by atoms with Crippen LogP contribution in [0.25, 0.3) is 0 Å². The lowest BCUT2D eigenvalue weighted by molar-refractivity contribution is 0.569. The van der Waals surface area contributed by atoms with Gasteiger partial charge in [-0.05, 0) is 48.4 Å². The van der Waals surface area contributed by atoms with Crippen LogP contribution < -0.4 is 5.32 Å². The van der Waals surface area contributed by atoms with Crippen LogP contribution in [-0.2, 0) is 6.54 Å². The van der Waals surface area contributed by atoms with Gasteiger partial charge in [0.15, 0.2) is 0 Å². The first-order valence-corrected chi connectivity index (χ1v) is 7.15. The number of nitrogens with one attached hydrogen (secondary N) is 1. The van der Waals surface area contributed by atoms with Crippen molar-refractivity contribution in [1.82, 2.24) is 5.32 Å². The lowest BCUT2D eigenvalue weighted by atomic mass is 10.1. The van der Waals surface area contributed by atoms with Crippen LogP contribution in [0.5, 0.6) is 0 Å². The van der Waals surface area contributed by atoms with Crippen LogP contribution in [0.1, 0.15) is 24.1 Å². The van der Waals surface area contributed by atoms with E-state index in [2.05, 4.69) is 28.2 Å². The normalized spacial score (nSPS) is 12.4. The fourth-order valence-corrected chi connectivity index (χ4v) is 2.59. The standard InChI is InChI=1S/C15H14BrClFN/c1-10(12-3-2-4-14(17)7-12)19-9-11-5-13(16)8-15(18)6-11/h2-8,10,19H,9H2,1H3/t10-/m1/s1. The highest BCUT2D eigenvalue weighted by molar-refractivity contribution is 9.10. The average Bonchev–Trinajstić information content (AvgIpc) is 2.35. The first kappa shape index (κ1) is 14.5. The number of rotatable bonds is 4. The number of halogens is 3. The third-order valence-electron chi connectivity index (χ3n) is 2.88. The Bertz CT molecular complexity index is 554. The zero-order chi connectivity index (χ0) is 13.8. The van der Waals surface area contributed by atoms with Gasteiger partial charge < -0.3 is 5.32 Å². The van der Waals surface area contributed by atoms with Crippen molar-refractivity contribution >= 4 is 27.5 Å². The van der Waals surface area contributed by atoms with Crippen LogP contribution >= 0.6 is 27.5 Å². The molecule has 0 radical (unpaired) electrons. The van der Waals surface area contributed by atoms with Crippen molar-refractivity contribution in [1.29, 1.82) is 0 Å². The van der Waals surface area contributed by atoms with Crippen molar-refractivity contribution in [2.45, 2.75) is 19.5 Å². The number of hydrogen-bond acceptors (Lipinski definition) is 1. The predicted molar refractivity (Wildman–Crippen MR) is 80.8 cm³/mol. The zero-order valence-corrected chi connectivity index (χ0v) is 12.8. The van der Waals surface area contributed by atoms with Gasteiger partial charge in [-0.15, -0.1) is 0 Å². The molecule has 100 valence electrons. The minimum absolute atomic E-state index is 0.153. The Morgan fingerprint density at radius 3 is 2.74 bits per heavy atom. The largest absolute Gasteiger partial charge is 0.306 e. The molecule has 2 rings (SSSR count). The zero-order valence-electron chi connectivity index (χ0n) is 10.5. The van der Waals surface area contributed by atoms with Gasteiger partial charge >= 0.3 is 0 Å². The molecule has 4 heteroatoms. The molecule has 0 fully saturated rings. The molecule has 19 heavy (non-hydrogen) atoms. The maximum atomic E-state index is 13.3. The monoisotopic (exact) mass is 341 g/mol. The molecule has 0 aliphatic rings. The second kappa shape index (κ2) is 6.51. The first-order valence-electron chi connectivity index (χ1n) is 5.98. The molecule has 0 heterocycles. The molecule has 0 bridgehead atoms. The van der Waals surface area contributed by atoms with Gasteiger partial charge in [0.05, 0.1) is 0 Å². The Hall–Kier alpha value is -0.900. The van der Waals surface area contributed by atoms with Crippen molar-refractivity contribution in [3.05, 3.63) is 68.9 Å². The van der Waals surface area contributed by atoms with Crippen molar-refractivity contribution in [2.75, 3.05) is 0 Å². The SMILES string of the molecule is C[C@@H](NCc1cc(F)cc(Br)c1)c1cccc(Cl)c1. The summed E-state index contributed by atoms with van der Waals surface area (Å²) in [4.78, 5) is 0. The van der Waals surface area contributed by atoms with Gasteiger partial charge in [-0.2, -0.15) is 0 Å². The van der Waals surface area contributed by atoms with Gasteiger partial charge in [0.1, 0.15) is 5.82 Å². The Kier molecular flexibility index (Phi) is 4.97. The summed E-state index contributed by atoms with van der Waals surface area (Å²) in [7, 11) is 0. The van der Waals surface area contributed by atoms with Crippen LogP contribution in [0.2, 0.25) is 5.02 Å². The van der Waals surface area contributed by atoms with Crippen molar-refractivity contribution in [3.8, 4) is 0 Å². The fourth-order valence-electron chi connectivity index (χ4n) is 1.88. The summed E-state index contributed by atoms with van der Waals surface area (Å²) >= 11 is 9.25. The molecule has 0 unspecified atom stereocenters. The molecule has 0 amide bonds. The summed E-state index contributed by atoms with van der Waals surface area (Å²) in [5.41, 5.74) is 2.02. The van der Waals surface area contributed by atoms with E-state index in [1.165, 1.54) is 12.1 Å². The minimum atomic E-state index is -0.235. The van der Waals surface area contributed by atoms with Crippen molar-refractivity contribution in [3.63, 3.8) is 0 Å². The molecule has 0 aliphatic heterocycles. The Morgan fingerprint density at radius 2 is 2.05 bits per heavy atom. The number of benzene rings is 2. The van der Waals surface area contributed by atoms with Gasteiger partial charge in [0.2, 0.25) is 0 Å². The molecule has 0 aromatic heterocycles. The van der Waals surface area contributed by atoms with Crippen molar-refractivity contribution < 1.29 is 4.39 Å². The Labute approximate surface area is 125 Å². The van der Waals surface area contributed by atoms with Gasteiger partial charge in [0, 0.05) is 22.1 Å². The van der Waals surface area contributed by atoms with E-state index >= 15 is 0 Å². The molecule has 1 nitrogen and oxygen atoms in total. The summed E-state index contributed by atoms with van der Waals surface area (Å²) in [6, 6.07) is 12.8. The molecule has 0 aliphatic carbocycles. The number of hydrogen-bond donors (Lipinski definition) is 1. The van der Waals surface area contributed by atoms with E-state index in [4.69, 9.17) is 11.6 Å². The van der Waals surface area contributed by atoms with E-state index in [1.807, 2.05) is 30.3 Å². The lowest BCUT2D eigenvalue weighted by Crippen LogP contribution is -2.18. The smallest absolute Gasteiger partial charge is 0.124 e. The highest BCUT2D eigenvalue weighted by Gasteiger charge is 2.06. The maximum Gasteiger partial charge on any atom is 0.124 e. The molecule has 2 aromatic rings. The first-order chi connectivity index (χ1) is 9.04. The second-order valence-corrected chi connectivity index (χ2v) is 5.79. The molecule has 1 N–H and O–H groups in total. The van der Waals surface area contributed by atoms with Crippen LogP contribution in [0.4, 0.5) is 4.39 Å². The van der Waals surface area contributed by atoms with E-state index < -0.39 is 0 Å². The summed E-state index contributed by atoms with van der Waals surface area (Å²) in [6.45, 7) is 2.66.